The average Bonchev–Trinajstić information content (AvgIpc) is 2.91. The first kappa shape index (κ1) is 15.2. The largest absolute Gasteiger partial charge is 0.497 e. The number of ether oxygens (including phenoxy) is 1. The highest BCUT2D eigenvalue weighted by atomic mass is 32.2. The standard InChI is InChI=1S/C16H24N2OS/c1-5-16(6-2)11-20-15(18-16)17-12(3)13-7-9-14(19-4)10-8-13/h7-10,12H,5-6,11H2,1-4H3,(H,17,18). The van der Waals surface area contributed by atoms with Crippen molar-refractivity contribution >= 4 is 16.9 Å². The molecule has 2 rings (SSSR count). The quantitative estimate of drug-likeness (QED) is 0.890. The van der Waals surface area contributed by atoms with Gasteiger partial charge < -0.3 is 10.1 Å². The van der Waals surface area contributed by atoms with Gasteiger partial charge in [0.1, 0.15) is 5.75 Å². The van der Waals surface area contributed by atoms with Crippen LogP contribution in [0.3, 0.4) is 0 Å². The number of hydrogen-bond acceptors (Lipinski definition) is 3. The number of nitrogens with zero attached hydrogens (tertiary/aromatic N) is 1. The van der Waals surface area contributed by atoms with Gasteiger partial charge in [-0.3, -0.25) is 4.99 Å². The predicted molar refractivity (Wildman–Crippen MR) is 87.8 cm³/mol. The molecule has 1 aliphatic rings. The number of benzene rings is 1. The molecule has 1 aliphatic heterocycles. The van der Waals surface area contributed by atoms with Crippen LogP contribution in [-0.2, 0) is 0 Å². The van der Waals surface area contributed by atoms with Gasteiger partial charge in [-0.1, -0.05) is 37.7 Å². The SMILES string of the molecule is CCC1(CC)CSC(=NC(C)c2ccc(OC)cc2)N1. The average molecular weight is 292 g/mol. The molecule has 1 saturated heterocycles. The Kier molecular flexibility index (Phi) is 4.97. The van der Waals surface area contributed by atoms with E-state index < -0.39 is 0 Å². The first-order chi connectivity index (χ1) is 9.62. The third kappa shape index (κ3) is 3.29. The van der Waals surface area contributed by atoms with Crippen LogP contribution in [0.5, 0.6) is 5.75 Å². The normalized spacial score (nSPS) is 20.7. The lowest BCUT2D eigenvalue weighted by atomic mass is 9.96. The maximum Gasteiger partial charge on any atom is 0.157 e. The Morgan fingerprint density at radius 3 is 2.45 bits per heavy atom. The summed E-state index contributed by atoms with van der Waals surface area (Å²) in [4.78, 5) is 4.82. The number of amidine groups is 1. The van der Waals surface area contributed by atoms with Crippen LogP contribution >= 0.6 is 11.8 Å². The summed E-state index contributed by atoms with van der Waals surface area (Å²) in [6.07, 6.45) is 2.29. The van der Waals surface area contributed by atoms with Crippen molar-refractivity contribution in [3.05, 3.63) is 29.8 Å². The van der Waals surface area contributed by atoms with E-state index in [1.54, 1.807) is 7.11 Å². The molecule has 1 fully saturated rings. The molecule has 0 bridgehead atoms. The first-order valence-corrected chi connectivity index (χ1v) is 8.23. The number of thioether (sulfide) groups is 1. The van der Waals surface area contributed by atoms with Crippen LogP contribution in [0.15, 0.2) is 29.3 Å². The molecule has 4 heteroatoms. The molecule has 20 heavy (non-hydrogen) atoms. The molecule has 1 unspecified atom stereocenters. The Bertz CT molecular complexity index is 466. The second-order valence-electron chi connectivity index (χ2n) is 5.28. The minimum atomic E-state index is 0.167. The highest BCUT2D eigenvalue weighted by molar-refractivity contribution is 8.14. The Morgan fingerprint density at radius 2 is 1.95 bits per heavy atom. The van der Waals surface area contributed by atoms with Crippen LogP contribution in [0, 0.1) is 0 Å². The molecule has 1 aromatic carbocycles. The highest BCUT2D eigenvalue weighted by Gasteiger charge is 2.33. The second-order valence-corrected chi connectivity index (χ2v) is 6.25. The number of hydrogen-bond donors (Lipinski definition) is 1. The van der Waals surface area contributed by atoms with Crippen LogP contribution in [-0.4, -0.2) is 23.6 Å². The van der Waals surface area contributed by atoms with E-state index in [-0.39, 0.29) is 11.6 Å². The molecule has 0 spiro atoms. The summed E-state index contributed by atoms with van der Waals surface area (Å²) in [5, 5.41) is 4.70. The fourth-order valence-corrected chi connectivity index (χ4v) is 3.75. The fraction of sp³-hybridized carbons (Fsp3) is 0.562. The Morgan fingerprint density at radius 1 is 1.30 bits per heavy atom. The van der Waals surface area contributed by atoms with Crippen LogP contribution in [0.1, 0.15) is 45.2 Å². The van der Waals surface area contributed by atoms with Crippen molar-refractivity contribution in [2.24, 2.45) is 4.99 Å². The van der Waals surface area contributed by atoms with Crippen LogP contribution in [0.2, 0.25) is 0 Å². The van der Waals surface area contributed by atoms with Gasteiger partial charge in [-0.2, -0.15) is 0 Å². The Balaban J connectivity index is 2.07. The van der Waals surface area contributed by atoms with E-state index in [0.29, 0.717) is 0 Å². The maximum atomic E-state index is 5.19. The third-order valence-corrected chi connectivity index (χ3v) is 5.30. The molecule has 0 aliphatic carbocycles. The minimum Gasteiger partial charge on any atom is -0.497 e. The van der Waals surface area contributed by atoms with Crippen molar-refractivity contribution in [2.75, 3.05) is 12.9 Å². The van der Waals surface area contributed by atoms with Crippen molar-refractivity contribution < 1.29 is 4.74 Å². The minimum absolute atomic E-state index is 0.167. The lowest BCUT2D eigenvalue weighted by Gasteiger charge is -2.25. The van der Waals surface area contributed by atoms with Crippen LogP contribution in [0.25, 0.3) is 0 Å². The smallest absolute Gasteiger partial charge is 0.157 e. The van der Waals surface area contributed by atoms with E-state index in [0.717, 1.165) is 29.5 Å². The van der Waals surface area contributed by atoms with Gasteiger partial charge in [0.15, 0.2) is 5.17 Å². The lowest BCUT2D eigenvalue weighted by molar-refractivity contribution is 0.407. The molecule has 3 nitrogen and oxygen atoms in total. The van der Waals surface area contributed by atoms with Gasteiger partial charge >= 0.3 is 0 Å². The maximum absolute atomic E-state index is 5.19. The third-order valence-electron chi connectivity index (χ3n) is 4.12. The van der Waals surface area contributed by atoms with Gasteiger partial charge in [0, 0.05) is 11.3 Å². The molecular weight excluding hydrogens is 268 g/mol. The van der Waals surface area contributed by atoms with Gasteiger partial charge in [-0.25, -0.2) is 0 Å². The number of aliphatic imine (C=N–C) groups is 1. The van der Waals surface area contributed by atoms with Gasteiger partial charge in [0.25, 0.3) is 0 Å². The molecule has 0 aromatic heterocycles. The number of nitrogens with one attached hydrogen (secondary N) is 1. The number of methoxy groups -OCH3 is 1. The molecule has 110 valence electrons. The molecule has 0 amide bonds. The summed E-state index contributed by atoms with van der Waals surface area (Å²) in [6.45, 7) is 6.62. The molecule has 1 atom stereocenters. The van der Waals surface area contributed by atoms with Gasteiger partial charge in [-0.15, -0.1) is 0 Å². The number of rotatable bonds is 5. The zero-order valence-electron chi connectivity index (χ0n) is 12.8. The summed E-state index contributed by atoms with van der Waals surface area (Å²) in [5.74, 6) is 2.01. The first-order valence-electron chi connectivity index (χ1n) is 7.25. The van der Waals surface area contributed by atoms with Crippen LogP contribution < -0.4 is 10.1 Å². The van der Waals surface area contributed by atoms with Crippen molar-refractivity contribution in [1.29, 1.82) is 0 Å². The van der Waals surface area contributed by atoms with Gasteiger partial charge in [0.05, 0.1) is 13.2 Å². The zero-order chi connectivity index (χ0) is 14.6. The van der Waals surface area contributed by atoms with Gasteiger partial charge in [-0.05, 0) is 37.5 Å². The Labute approximate surface area is 126 Å². The van der Waals surface area contributed by atoms with Gasteiger partial charge in [0.2, 0.25) is 0 Å². The summed E-state index contributed by atoms with van der Waals surface area (Å²) < 4.78 is 5.19. The predicted octanol–water partition coefficient (Wildman–Crippen LogP) is 4.01. The summed E-state index contributed by atoms with van der Waals surface area (Å²) in [6, 6.07) is 8.31. The molecular formula is C16H24N2OS. The van der Waals surface area contributed by atoms with Crippen LogP contribution in [0.4, 0.5) is 0 Å². The molecule has 1 heterocycles. The highest BCUT2D eigenvalue weighted by Crippen LogP contribution is 2.30. The Hall–Kier alpha value is -1.16. The van der Waals surface area contributed by atoms with E-state index in [1.165, 1.54) is 5.56 Å². The van der Waals surface area contributed by atoms with E-state index in [2.05, 4.69) is 38.2 Å². The monoisotopic (exact) mass is 292 g/mol. The molecule has 1 aromatic rings. The van der Waals surface area contributed by atoms with Crippen molar-refractivity contribution in [1.82, 2.24) is 5.32 Å². The van der Waals surface area contributed by atoms with Crippen molar-refractivity contribution in [3.8, 4) is 5.75 Å². The molecule has 0 radical (unpaired) electrons. The zero-order valence-corrected chi connectivity index (χ0v) is 13.6. The fourth-order valence-electron chi connectivity index (χ4n) is 2.34. The van der Waals surface area contributed by atoms with Crippen molar-refractivity contribution in [3.63, 3.8) is 0 Å². The van der Waals surface area contributed by atoms with Crippen molar-refractivity contribution in [2.45, 2.75) is 45.2 Å². The van der Waals surface area contributed by atoms with E-state index >= 15 is 0 Å². The van der Waals surface area contributed by atoms with E-state index in [4.69, 9.17) is 9.73 Å². The second kappa shape index (κ2) is 6.53. The lowest BCUT2D eigenvalue weighted by Crippen LogP contribution is -2.42. The summed E-state index contributed by atoms with van der Waals surface area (Å²) in [7, 11) is 1.69. The topological polar surface area (TPSA) is 33.6 Å². The molecule has 1 N–H and O–H groups in total. The van der Waals surface area contributed by atoms with E-state index in [1.807, 2.05) is 23.9 Å². The molecule has 0 saturated carbocycles. The summed E-state index contributed by atoms with van der Waals surface area (Å²) in [5.41, 5.74) is 1.45. The van der Waals surface area contributed by atoms with E-state index in [9.17, 15) is 0 Å². The summed E-state index contributed by atoms with van der Waals surface area (Å²) >= 11 is 1.84.